The van der Waals surface area contributed by atoms with Gasteiger partial charge in [-0.3, -0.25) is 18.1 Å². The van der Waals surface area contributed by atoms with Gasteiger partial charge in [0.25, 0.3) is 0 Å². The zero-order chi connectivity index (χ0) is 23.8. The molecule has 0 amide bonds. The second-order valence-electron chi connectivity index (χ2n) is 8.36. The molecule has 0 bridgehead atoms. The van der Waals surface area contributed by atoms with Crippen molar-refractivity contribution in [2.75, 3.05) is 18.1 Å². The summed E-state index contributed by atoms with van der Waals surface area (Å²) in [7, 11) is -0.419. The molecule has 2 aromatic heterocycles. The number of imidazole rings is 1. The van der Waals surface area contributed by atoms with E-state index in [1.54, 1.807) is 38.8 Å². The predicted molar refractivity (Wildman–Crippen MR) is 134 cm³/mol. The van der Waals surface area contributed by atoms with Gasteiger partial charge in [-0.05, 0) is 5.56 Å². The smallest absolute Gasteiger partial charge is 0.370 e. The number of nitrogens with zero attached hydrogens (tertiary/aromatic N) is 3. The first kappa shape index (κ1) is 24.1. The van der Waals surface area contributed by atoms with Crippen LogP contribution in [0, 0.1) is 4.64 Å². The summed E-state index contributed by atoms with van der Waals surface area (Å²) >= 11 is 5.58. The molecule has 3 aliphatic heterocycles. The van der Waals surface area contributed by atoms with Gasteiger partial charge >= 0.3 is 7.82 Å². The van der Waals surface area contributed by atoms with Crippen LogP contribution in [0.15, 0.2) is 43.0 Å². The second kappa shape index (κ2) is 10.2. The van der Waals surface area contributed by atoms with E-state index in [1.165, 1.54) is 0 Å². The molecule has 0 radical (unpaired) electrons. The summed E-state index contributed by atoms with van der Waals surface area (Å²) in [4.78, 5) is 11.5. The molecule has 10 nitrogen and oxygen atoms in total. The van der Waals surface area contributed by atoms with E-state index in [1.807, 2.05) is 30.3 Å². The van der Waals surface area contributed by atoms with E-state index >= 15 is 0 Å². The summed E-state index contributed by atoms with van der Waals surface area (Å²) in [5.41, 5.74) is 2.29. The highest BCUT2D eigenvalue weighted by Crippen LogP contribution is 2.58. The first-order valence-corrected chi connectivity index (χ1v) is 15.5. The van der Waals surface area contributed by atoms with Gasteiger partial charge in [0, 0.05) is 17.9 Å². The third kappa shape index (κ3) is 5.11. The summed E-state index contributed by atoms with van der Waals surface area (Å²) in [5, 5.41) is 0. The fourth-order valence-electron chi connectivity index (χ4n) is 4.24. The quantitative estimate of drug-likeness (QED) is 0.261. The number of aromatic amines is 1. The van der Waals surface area contributed by atoms with Gasteiger partial charge in [-0.2, -0.15) is 0 Å². The molecule has 0 aliphatic carbocycles. The largest absolute Gasteiger partial charge is 0.475 e. The Kier molecular flexibility index (Phi) is 7.04. The first-order valence-electron chi connectivity index (χ1n) is 11.1. The van der Waals surface area contributed by atoms with E-state index in [9.17, 15) is 4.57 Å². The SMILES string of the molecule is O=[P@]1(O[C@H]2CSSC[C@@H]2OCc2ccccc2)OC[C@H]2O[C@@H](n3cnc4nc[nH]c4c3=S)C[C@@H]2O1. The Morgan fingerprint density at radius 1 is 1.17 bits per heavy atom. The van der Waals surface area contributed by atoms with E-state index < -0.39 is 26.3 Å². The van der Waals surface area contributed by atoms with E-state index in [4.69, 9.17) is 35.3 Å². The Bertz CT molecular complexity index is 1290. The van der Waals surface area contributed by atoms with Crippen LogP contribution in [0.2, 0.25) is 0 Å². The molecule has 0 unspecified atom stereocenters. The minimum atomic E-state index is -3.79. The fraction of sp³-hybridized carbons (Fsp3) is 0.476. The minimum Gasteiger partial charge on any atom is -0.370 e. The maximum atomic E-state index is 13.5. The lowest BCUT2D eigenvalue weighted by Crippen LogP contribution is -2.40. The van der Waals surface area contributed by atoms with Gasteiger partial charge < -0.3 is 14.5 Å². The lowest BCUT2D eigenvalue weighted by Gasteiger charge is -2.35. The van der Waals surface area contributed by atoms with E-state index in [2.05, 4.69) is 15.0 Å². The molecular formula is C21H23N4O6PS3. The number of hydrogen-bond donors (Lipinski definition) is 1. The number of fused-ring (bicyclic) bond motifs is 2. The number of benzene rings is 1. The van der Waals surface area contributed by atoms with Gasteiger partial charge in [-0.25, -0.2) is 14.5 Å². The molecule has 3 aliphatic rings. The molecule has 1 aromatic carbocycles. The number of H-pyrrole nitrogens is 1. The molecular weight excluding hydrogens is 531 g/mol. The molecule has 14 heteroatoms. The predicted octanol–water partition coefficient (Wildman–Crippen LogP) is 4.67. The van der Waals surface area contributed by atoms with Crippen molar-refractivity contribution < 1.29 is 27.6 Å². The van der Waals surface area contributed by atoms with Crippen LogP contribution in [0.25, 0.3) is 11.2 Å². The van der Waals surface area contributed by atoms with Crippen LogP contribution in [-0.4, -0.2) is 62.0 Å². The zero-order valence-electron chi connectivity index (χ0n) is 18.4. The lowest BCUT2D eigenvalue weighted by atomic mass is 10.2. The number of rotatable bonds is 6. The summed E-state index contributed by atoms with van der Waals surface area (Å²) in [6.07, 6.45) is 1.71. The topological polar surface area (TPSA) is 110 Å². The van der Waals surface area contributed by atoms with Crippen LogP contribution < -0.4 is 0 Å². The standard InChI is InChI=1S/C21H23N4O6PS3/c26-32(31-17-10-35-34-9-16(17)27-7-13-4-2-1-3-5-13)28-8-15-14(30-32)6-18(29-15)25-12-24-20-19(21(25)33)22-11-23-20/h1-5,11-12,14-18H,6-10H2,(H,22,23)/t14-,15+,16-,17-,18+,32-/m0/s1. The molecule has 3 saturated heterocycles. The van der Waals surface area contributed by atoms with Crippen LogP contribution in [0.1, 0.15) is 18.2 Å². The Morgan fingerprint density at radius 3 is 2.86 bits per heavy atom. The average molecular weight is 555 g/mol. The number of phosphoric acid groups is 1. The van der Waals surface area contributed by atoms with E-state index in [0.717, 1.165) is 11.3 Å². The molecule has 0 spiro atoms. The van der Waals surface area contributed by atoms with Crippen molar-refractivity contribution in [2.45, 2.75) is 43.7 Å². The molecule has 6 rings (SSSR count). The van der Waals surface area contributed by atoms with Gasteiger partial charge in [0.05, 0.1) is 25.6 Å². The Labute approximate surface area is 214 Å². The third-order valence-electron chi connectivity index (χ3n) is 6.06. The molecule has 0 saturated carbocycles. The Morgan fingerprint density at radius 2 is 2.00 bits per heavy atom. The number of ether oxygens (including phenoxy) is 2. The van der Waals surface area contributed by atoms with E-state index in [0.29, 0.717) is 34.6 Å². The first-order chi connectivity index (χ1) is 17.1. The van der Waals surface area contributed by atoms with Crippen molar-refractivity contribution in [3.63, 3.8) is 0 Å². The molecule has 35 heavy (non-hydrogen) atoms. The molecule has 3 aromatic rings. The number of aromatic nitrogens is 4. The van der Waals surface area contributed by atoms with E-state index in [-0.39, 0.29) is 18.8 Å². The molecule has 6 atom stereocenters. The lowest BCUT2D eigenvalue weighted by molar-refractivity contribution is -0.0857. The van der Waals surface area contributed by atoms with Crippen LogP contribution in [0.4, 0.5) is 0 Å². The molecule has 5 heterocycles. The van der Waals surface area contributed by atoms with Gasteiger partial charge in [-0.15, -0.1) is 0 Å². The molecule has 1 N–H and O–H groups in total. The van der Waals surface area contributed by atoms with Crippen molar-refractivity contribution in [2.24, 2.45) is 0 Å². The van der Waals surface area contributed by atoms with Crippen molar-refractivity contribution >= 4 is 52.8 Å². The number of nitrogens with one attached hydrogen (secondary N) is 1. The van der Waals surface area contributed by atoms with Gasteiger partial charge in [-0.1, -0.05) is 64.1 Å². The molecule has 186 valence electrons. The summed E-state index contributed by atoms with van der Waals surface area (Å²) < 4.78 is 45.5. The highest BCUT2D eigenvalue weighted by atomic mass is 33.1. The monoisotopic (exact) mass is 554 g/mol. The fourth-order valence-corrected chi connectivity index (χ4v) is 8.68. The van der Waals surface area contributed by atoms with Crippen LogP contribution in [-0.2, 0) is 34.2 Å². The maximum absolute atomic E-state index is 13.5. The summed E-state index contributed by atoms with van der Waals surface area (Å²) in [6, 6.07) is 9.95. The Balaban J connectivity index is 1.11. The molecule has 3 fully saturated rings. The normalized spacial score (nSPS) is 33.1. The maximum Gasteiger partial charge on any atom is 0.475 e. The number of hydrogen-bond acceptors (Lipinski definition) is 11. The second-order valence-corrected chi connectivity index (χ2v) is 12.9. The average Bonchev–Trinajstić information content (AvgIpc) is 3.51. The minimum absolute atomic E-state index is 0.107. The van der Waals surface area contributed by atoms with Crippen molar-refractivity contribution in [1.29, 1.82) is 0 Å². The van der Waals surface area contributed by atoms with Crippen LogP contribution in [0.3, 0.4) is 0 Å². The van der Waals surface area contributed by atoms with Gasteiger partial charge in [0.2, 0.25) is 0 Å². The summed E-state index contributed by atoms with van der Waals surface area (Å²) in [6.45, 7) is 0.563. The highest BCUT2D eigenvalue weighted by Gasteiger charge is 2.49. The summed E-state index contributed by atoms with van der Waals surface area (Å²) in [5.74, 6) is 1.35. The van der Waals surface area contributed by atoms with Crippen LogP contribution >= 0.6 is 41.6 Å². The zero-order valence-corrected chi connectivity index (χ0v) is 21.8. The van der Waals surface area contributed by atoms with Crippen molar-refractivity contribution in [3.05, 3.63) is 53.2 Å². The van der Waals surface area contributed by atoms with Crippen molar-refractivity contribution in [1.82, 2.24) is 19.5 Å². The highest BCUT2D eigenvalue weighted by molar-refractivity contribution is 8.76. The Hall–Kier alpha value is -1.28. The van der Waals surface area contributed by atoms with Crippen molar-refractivity contribution in [3.8, 4) is 0 Å². The van der Waals surface area contributed by atoms with Crippen LogP contribution in [0.5, 0.6) is 0 Å². The van der Waals surface area contributed by atoms with Gasteiger partial charge in [0.1, 0.15) is 41.0 Å². The number of phosphoric ester groups is 1. The third-order valence-corrected chi connectivity index (χ3v) is 10.4. The van der Waals surface area contributed by atoms with Gasteiger partial charge in [0.15, 0.2) is 5.65 Å².